The monoisotopic (exact) mass is 468 g/mol. The zero-order valence-corrected chi connectivity index (χ0v) is 18.9. The fraction of sp³-hybridized carbons (Fsp3) is 0.667. The van der Waals surface area contributed by atoms with E-state index in [4.69, 9.17) is 4.74 Å². The number of ketones is 2. The molecule has 4 aliphatic rings. The van der Waals surface area contributed by atoms with E-state index in [1.807, 2.05) is 0 Å². The topological polar surface area (TPSA) is 97.7 Å². The van der Waals surface area contributed by atoms with Gasteiger partial charge < -0.3 is 9.84 Å². The molecule has 0 saturated heterocycles. The van der Waals surface area contributed by atoms with Gasteiger partial charge in [-0.05, 0) is 31.8 Å². The molecular weight excluding hydrogens is 441 g/mol. The van der Waals surface area contributed by atoms with E-state index in [1.165, 1.54) is 20.8 Å². The second-order valence-corrected chi connectivity index (χ2v) is 10.3. The van der Waals surface area contributed by atoms with Crippen LogP contribution >= 0.6 is 0 Å². The minimum absolute atomic E-state index is 0.0797. The first-order chi connectivity index (χ1) is 15.2. The predicted molar refractivity (Wildman–Crippen MR) is 109 cm³/mol. The molecule has 0 aromatic heterocycles. The third-order valence-corrected chi connectivity index (χ3v) is 8.89. The van der Waals surface area contributed by atoms with E-state index in [0.29, 0.717) is 0 Å². The fourth-order valence-corrected chi connectivity index (χ4v) is 7.32. The van der Waals surface area contributed by atoms with Crippen LogP contribution in [-0.4, -0.2) is 46.1 Å². The Balaban J connectivity index is 1.90. The van der Waals surface area contributed by atoms with Crippen molar-refractivity contribution in [2.75, 3.05) is 0 Å². The van der Waals surface area contributed by atoms with Crippen LogP contribution in [0, 0.1) is 28.6 Å². The Morgan fingerprint density at radius 1 is 1.21 bits per heavy atom. The number of alkyl halides is 2. The van der Waals surface area contributed by atoms with Gasteiger partial charge in [0, 0.05) is 35.7 Å². The van der Waals surface area contributed by atoms with Gasteiger partial charge >= 0.3 is 11.9 Å². The van der Waals surface area contributed by atoms with Crippen LogP contribution in [0.4, 0.5) is 13.2 Å². The second-order valence-electron chi connectivity index (χ2n) is 10.3. The van der Waals surface area contributed by atoms with Crippen molar-refractivity contribution < 1.29 is 42.2 Å². The lowest BCUT2D eigenvalue weighted by atomic mass is 9.45. The lowest BCUT2D eigenvalue weighted by molar-refractivity contribution is -0.213. The SMILES string of the molecule is CCC(=O)O[C@]1(C(=O)O)[C@H](C)C[C@H]2[C@@H]3C[C@H](F)C4=C(F)C(=O)C=C[C@]4(C)[C@@]3(F)C(=O)C[C@@]21C. The summed E-state index contributed by atoms with van der Waals surface area (Å²) in [5.74, 6) is -8.57. The molecule has 0 aliphatic heterocycles. The molecule has 0 amide bonds. The molecule has 0 spiro atoms. The molecule has 0 aromatic carbocycles. The molecule has 1 N–H and O–H groups in total. The van der Waals surface area contributed by atoms with Gasteiger partial charge in [0.05, 0.1) is 5.41 Å². The number of rotatable bonds is 3. The highest BCUT2D eigenvalue weighted by Gasteiger charge is 2.79. The number of aliphatic carboxylic acids is 1. The Bertz CT molecular complexity index is 1040. The van der Waals surface area contributed by atoms with Gasteiger partial charge in [0.2, 0.25) is 11.4 Å². The first kappa shape index (κ1) is 23.7. The first-order valence-corrected chi connectivity index (χ1v) is 11.2. The molecule has 180 valence electrons. The number of Topliss-reactive ketones (excluding diaryl/α,β-unsaturated/α-hetero) is 1. The molecule has 4 rings (SSSR count). The Morgan fingerprint density at radius 2 is 1.85 bits per heavy atom. The van der Waals surface area contributed by atoms with Crippen molar-refractivity contribution >= 4 is 23.5 Å². The van der Waals surface area contributed by atoms with Gasteiger partial charge in [-0.2, -0.15) is 0 Å². The zero-order chi connectivity index (χ0) is 24.7. The number of carboxylic acid groups (broad SMARTS) is 1. The molecule has 3 fully saturated rings. The largest absolute Gasteiger partial charge is 0.478 e. The fourth-order valence-electron chi connectivity index (χ4n) is 7.32. The van der Waals surface area contributed by atoms with Crippen molar-refractivity contribution in [3.05, 3.63) is 23.6 Å². The van der Waals surface area contributed by atoms with E-state index in [9.17, 15) is 28.7 Å². The highest BCUT2D eigenvalue weighted by Crippen LogP contribution is 2.70. The van der Waals surface area contributed by atoms with E-state index in [-0.39, 0.29) is 12.8 Å². The van der Waals surface area contributed by atoms with Crippen LogP contribution in [0.1, 0.15) is 53.4 Å². The highest BCUT2D eigenvalue weighted by atomic mass is 19.2. The first-order valence-electron chi connectivity index (χ1n) is 11.2. The van der Waals surface area contributed by atoms with Crippen LogP contribution in [-0.2, 0) is 23.9 Å². The molecule has 3 saturated carbocycles. The van der Waals surface area contributed by atoms with Gasteiger partial charge in [0.1, 0.15) is 6.17 Å². The van der Waals surface area contributed by atoms with Crippen LogP contribution in [0.3, 0.4) is 0 Å². The lowest BCUT2D eigenvalue weighted by Gasteiger charge is -2.60. The summed E-state index contributed by atoms with van der Waals surface area (Å²) in [7, 11) is 0. The quantitative estimate of drug-likeness (QED) is 0.633. The van der Waals surface area contributed by atoms with Crippen molar-refractivity contribution in [2.45, 2.75) is 70.8 Å². The molecule has 0 bridgehead atoms. The van der Waals surface area contributed by atoms with Crippen LogP contribution in [0.15, 0.2) is 23.6 Å². The van der Waals surface area contributed by atoms with Gasteiger partial charge in [0.15, 0.2) is 17.3 Å². The molecule has 0 aromatic rings. The number of carboxylic acids is 1. The Hall–Kier alpha value is -2.45. The van der Waals surface area contributed by atoms with Gasteiger partial charge in [-0.15, -0.1) is 0 Å². The number of fused-ring (bicyclic) bond motifs is 5. The van der Waals surface area contributed by atoms with E-state index >= 15 is 8.78 Å². The molecule has 0 unspecified atom stereocenters. The van der Waals surface area contributed by atoms with Crippen molar-refractivity contribution in [1.29, 1.82) is 0 Å². The summed E-state index contributed by atoms with van der Waals surface area (Å²) in [4.78, 5) is 50.2. The lowest BCUT2D eigenvalue weighted by Crippen LogP contribution is -2.69. The van der Waals surface area contributed by atoms with E-state index in [1.54, 1.807) is 6.92 Å². The van der Waals surface area contributed by atoms with E-state index < -0.39 is 93.8 Å². The van der Waals surface area contributed by atoms with Crippen molar-refractivity contribution in [3.8, 4) is 0 Å². The maximum Gasteiger partial charge on any atom is 0.349 e. The average Bonchev–Trinajstić information content (AvgIpc) is 2.95. The van der Waals surface area contributed by atoms with Crippen molar-refractivity contribution in [1.82, 2.24) is 0 Å². The molecule has 9 heteroatoms. The molecule has 33 heavy (non-hydrogen) atoms. The minimum Gasteiger partial charge on any atom is -0.478 e. The molecule has 8 atom stereocenters. The third-order valence-electron chi connectivity index (χ3n) is 8.89. The summed E-state index contributed by atoms with van der Waals surface area (Å²) in [6, 6.07) is 0. The van der Waals surface area contributed by atoms with Gasteiger partial charge in [-0.1, -0.05) is 26.8 Å². The maximum absolute atomic E-state index is 17.0. The Labute approximate surface area is 189 Å². The van der Waals surface area contributed by atoms with Crippen LogP contribution < -0.4 is 0 Å². The molecule has 6 nitrogen and oxygen atoms in total. The summed E-state index contributed by atoms with van der Waals surface area (Å²) in [6.45, 7) is 5.76. The predicted octanol–water partition coefficient (Wildman–Crippen LogP) is 3.83. The van der Waals surface area contributed by atoms with Crippen LogP contribution in [0.25, 0.3) is 0 Å². The van der Waals surface area contributed by atoms with E-state index in [2.05, 4.69) is 0 Å². The Kier molecular flexibility index (Phi) is 5.05. The smallest absolute Gasteiger partial charge is 0.349 e. The summed E-state index contributed by atoms with van der Waals surface area (Å²) in [6.07, 6.45) is -1.32. The summed E-state index contributed by atoms with van der Waals surface area (Å²) >= 11 is 0. The number of halogens is 3. The standard InChI is InChI=1S/C24H27F3O6/c1-5-17(30)33-24(20(31)32)11(2)8-12-13-9-14(25)18-19(26)15(28)6-7-21(18,3)23(13,27)16(29)10-22(12,24)4/h6-7,11-14H,5,8-10H2,1-4H3,(H,31,32)/t11-,12+,13+,14+,21+,22+,23+,24+/m1/s1. The highest BCUT2D eigenvalue weighted by molar-refractivity contribution is 6.05. The number of carbonyl (C=O) groups excluding carboxylic acids is 3. The molecular formula is C24H27F3O6. The molecule has 0 heterocycles. The number of esters is 1. The summed E-state index contributed by atoms with van der Waals surface area (Å²) in [5.41, 5.74) is -9.02. The number of allylic oxidation sites excluding steroid dienone is 4. The van der Waals surface area contributed by atoms with Crippen LogP contribution in [0.5, 0.6) is 0 Å². The van der Waals surface area contributed by atoms with Gasteiger partial charge in [-0.3, -0.25) is 14.4 Å². The van der Waals surface area contributed by atoms with E-state index in [0.717, 1.165) is 12.2 Å². The normalized spacial score (nSPS) is 46.5. The van der Waals surface area contributed by atoms with Crippen LogP contribution in [0.2, 0.25) is 0 Å². The van der Waals surface area contributed by atoms with Crippen molar-refractivity contribution in [2.24, 2.45) is 28.6 Å². The van der Waals surface area contributed by atoms with Gasteiger partial charge in [-0.25, -0.2) is 18.0 Å². The Morgan fingerprint density at radius 3 is 2.42 bits per heavy atom. The number of ether oxygens (including phenoxy) is 1. The summed E-state index contributed by atoms with van der Waals surface area (Å²) < 4.78 is 52.6. The maximum atomic E-state index is 17.0. The number of hydrogen-bond acceptors (Lipinski definition) is 5. The third kappa shape index (κ3) is 2.56. The second kappa shape index (κ2) is 7.03. The number of carbonyl (C=O) groups is 4. The average molecular weight is 468 g/mol. The number of hydrogen-bond donors (Lipinski definition) is 1. The molecule has 4 aliphatic carbocycles. The zero-order valence-electron chi connectivity index (χ0n) is 18.9. The van der Waals surface area contributed by atoms with Gasteiger partial charge in [0.25, 0.3) is 0 Å². The molecule has 0 radical (unpaired) electrons. The summed E-state index contributed by atoms with van der Waals surface area (Å²) in [5, 5.41) is 10.2. The van der Waals surface area contributed by atoms with Crippen molar-refractivity contribution in [3.63, 3.8) is 0 Å². The minimum atomic E-state index is -2.74.